The minimum Gasteiger partial charge on any atom is -0.325 e. The highest BCUT2D eigenvalue weighted by Gasteiger charge is 2.34. The lowest BCUT2D eigenvalue weighted by Gasteiger charge is -2.16. The van der Waals surface area contributed by atoms with Gasteiger partial charge in [-0.25, -0.2) is 4.68 Å². The van der Waals surface area contributed by atoms with Gasteiger partial charge in [0.1, 0.15) is 5.69 Å². The van der Waals surface area contributed by atoms with Crippen molar-refractivity contribution in [3.8, 4) is 5.69 Å². The van der Waals surface area contributed by atoms with E-state index in [4.69, 9.17) is 5.73 Å². The van der Waals surface area contributed by atoms with Crippen LogP contribution in [0.4, 0.5) is 13.2 Å². The van der Waals surface area contributed by atoms with Crippen LogP contribution in [0.3, 0.4) is 0 Å². The van der Waals surface area contributed by atoms with E-state index in [2.05, 4.69) is 5.10 Å². The molecule has 0 saturated carbocycles. The average Bonchev–Trinajstić information content (AvgIpc) is 2.38. The van der Waals surface area contributed by atoms with Crippen LogP contribution in [0.15, 0.2) is 35.1 Å². The van der Waals surface area contributed by atoms with Gasteiger partial charge in [-0.2, -0.15) is 18.3 Å². The topological polar surface area (TPSA) is 60.9 Å². The zero-order valence-corrected chi connectivity index (χ0v) is 10.6. The molecule has 0 fully saturated rings. The molecule has 0 saturated heterocycles. The number of hydrogen-bond acceptors (Lipinski definition) is 3. The minimum absolute atomic E-state index is 0.0209. The molecule has 106 valence electrons. The van der Waals surface area contributed by atoms with E-state index in [0.717, 1.165) is 10.7 Å². The van der Waals surface area contributed by atoms with E-state index in [1.807, 2.05) is 0 Å². The van der Waals surface area contributed by atoms with Crippen molar-refractivity contribution in [1.82, 2.24) is 9.78 Å². The maximum absolute atomic E-state index is 13.0. The van der Waals surface area contributed by atoms with Gasteiger partial charge in [0.05, 0.1) is 11.3 Å². The van der Waals surface area contributed by atoms with Gasteiger partial charge >= 0.3 is 6.18 Å². The van der Waals surface area contributed by atoms with Crippen molar-refractivity contribution < 1.29 is 13.2 Å². The summed E-state index contributed by atoms with van der Waals surface area (Å²) in [6, 6.07) is 6.27. The zero-order chi connectivity index (χ0) is 14.9. The van der Waals surface area contributed by atoms with Crippen LogP contribution >= 0.6 is 0 Å². The maximum atomic E-state index is 13.0. The molecule has 7 heteroatoms. The predicted molar refractivity (Wildman–Crippen MR) is 67.5 cm³/mol. The van der Waals surface area contributed by atoms with Crippen LogP contribution in [0.25, 0.3) is 5.69 Å². The molecule has 2 N–H and O–H groups in total. The lowest BCUT2D eigenvalue weighted by molar-refractivity contribution is -0.137. The van der Waals surface area contributed by atoms with Crippen molar-refractivity contribution in [2.75, 3.05) is 0 Å². The summed E-state index contributed by atoms with van der Waals surface area (Å²) in [5.41, 5.74) is 4.37. The number of aromatic nitrogens is 2. The first-order valence-electron chi connectivity index (χ1n) is 5.81. The van der Waals surface area contributed by atoms with Crippen LogP contribution < -0.4 is 11.2 Å². The summed E-state index contributed by atoms with van der Waals surface area (Å²) in [5, 5.41) is 3.91. The van der Waals surface area contributed by atoms with Gasteiger partial charge in [0.2, 0.25) is 5.43 Å². The number of halogens is 3. The summed E-state index contributed by atoms with van der Waals surface area (Å²) in [5.74, 6) is 0. The Hall–Kier alpha value is -2.15. The Bertz CT molecular complexity index is 692. The van der Waals surface area contributed by atoms with Gasteiger partial charge in [0.25, 0.3) is 0 Å². The van der Waals surface area contributed by atoms with E-state index in [0.29, 0.717) is 5.69 Å². The van der Waals surface area contributed by atoms with Gasteiger partial charge in [-0.3, -0.25) is 4.79 Å². The summed E-state index contributed by atoms with van der Waals surface area (Å²) < 4.78 is 40.1. The molecule has 1 aromatic carbocycles. The van der Waals surface area contributed by atoms with Crippen LogP contribution in [0, 0.1) is 6.92 Å². The smallest absolute Gasteiger partial charge is 0.325 e. The molecule has 0 aliphatic heterocycles. The normalized spacial score (nSPS) is 11.7. The van der Waals surface area contributed by atoms with Gasteiger partial charge < -0.3 is 5.73 Å². The van der Waals surface area contributed by atoms with Crippen molar-refractivity contribution in [2.45, 2.75) is 19.6 Å². The highest BCUT2D eigenvalue weighted by Crippen LogP contribution is 2.33. The predicted octanol–water partition coefficient (Wildman–Crippen LogP) is 2.02. The molecule has 4 nitrogen and oxygen atoms in total. The van der Waals surface area contributed by atoms with Crippen molar-refractivity contribution in [2.24, 2.45) is 5.73 Å². The number of benzene rings is 1. The molecule has 1 aromatic heterocycles. The maximum Gasteiger partial charge on any atom is 0.418 e. The van der Waals surface area contributed by atoms with E-state index >= 15 is 0 Å². The SMILES string of the molecule is Cc1cc(=O)c(CN)nn1-c1ccccc1C(F)(F)F. The number of para-hydroxylation sites is 1. The second-order valence-electron chi connectivity index (χ2n) is 4.23. The number of nitrogens with two attached hydrogens (primary N) is 1. The van der Waals surface area contributed by atoms with E-state index in [9.17, 15) is 18.0 Å². The van der Waals surface area contributed by atoms with E-state index in [1.54, 1.807) is 0 Å². The molecule has 0 aliphatic rings. The monoisotopic (exact) mass is 283 g/mol. The van der Waals surface area contributed by atoms with Crippen LogP contribution in [0.5, 0.6) is 0 Å². The number of hydrogen-bond donors (Lipinski definition) is 1. The molecular formula is C13H12F3N3O. The quantitative estimate of drug-likeness (QED) is 0.917. The van der Waals surface area contributed by atoms with Crippen molar-refractivity contribution in [3.63, 3.8) is 0 Å². The zero-order valence-electron chi connectivity index (χ0n) is 10.6. The first kappa shape index (κ1) is 14.3. The van der Waals surface area contributed by atoms with Crippen LogP contribution in [-0.4, -0.2) is 9.78 Å². The molecule has 0 radical (unpaired) electrons. The van der Waals surface area contributed by atoms with Gasteiger partial charge in [-0.15, -0.1) is 0 Å². The fourth-order valence-corrected chi connectivity index (χ4v) is 1.87. The van der Waals surface area contributed by atoms with Crippen LogP contribution in [-0.2, 0) is 12.7 Å². The fraction of sp³-hybridized carbons (Fsp3) is 0.231. The summed E-state index contributed by atoms with van der Waals surface area (Å²) >= 11 is 0. The molecular weight excluding hydrogens is 271 g/mol. The lowest BCUT2D eigenvalue weighted by atomic mass is 10.1. The molecule has 0 atom stereocenters. The summed E-state index contributed by atoms with van der Waals surface area (Å²) in [6.45, 7) is 1.38. The molecule has 0 bridgehead atoms. The van der Waals surface area contributed by atoms with Gasteiger partial charge in [0.15, 0.2) is 0 Å². The summed E-state index contributed by atoms with van der Waals surface area (Å²) in [7, 11) is 0. The molecule has 20 heavy (non-hydrogen) atoms. The Morgan fingerprint density at radius 3 is 2.55 bits per heavy atom. The summed E-state index contributed by atoms with van der Waals surface area (Å²) in [6.07, 6.45) is -4.50. The first-order chi connectivity index (χ1) is 9.34. The number of aryl methyl sites for hydroxylation is 1. The number of nitrogens with zero attached hydrogens (tertiary/aromatic N) is 2. The van der Waals surface area contributed by atoms with E-state index in [1.165, 1.54) is 31.2 Å². The average molecular weight is 283 g/mol. The Labute approximate surface area is 112 Å². The fourth-order valence-electron chi connectivity index (χ4n) is 1.87. The second-order valence-corrected chi connectivity index (χ2v) is 4.23. The van der Waals surface area contributed by atoms with Crippen molar-refractivity contribution in [1.29, 1.82) is 0 Å². The number of alkyl halides is 3. The second kappa shape index (κ2) is 5.09. The van der Waals surface area contributed by atoms with Gasteiger partial charge in [-0.1, -0.05) is 12.1 Å². The van der Waals surface area contributed by atoms with E-state index < -0.39 is 11.7 Å². The van der Waals surface area contributed by atoms with E-state index in [-0.39, 0.29) is 23.4 Å². The third-order valence-corrected chi connectivity index (χ3v) is 2.81. The third-order valence-electron chi connectivity index (χ3n) is 2.81. The Kier molecular flexibility index (Phi) is 3.63. The Balaban J connectivity index is 2.72. The Morgan fingerprint density at radius 1 is 1.30 bits per heavy atom. The van der Waals surface area contributed by atoms with Gasteiger partial charge in [-0.05, 0) is 19.1 Å². The highest BCUT2D eigenvalue weighted by molar-refractivity contribution is 5.43. The lowest BCUT2D eigenvalue weighted by Crippen LogP contribution is -2.22. The highest BCUT2D eigenvalue weighted by atomic mass is 19.4. The van der Waals surface area contributed by atoms with Crippen molar-refractivity contribution in [3.05, 3.63) is 57.5 Å². The molecule has 1 heterocycles. The largest absolute Gasteiger partial charge is 0.418 e. The summed E-state index contributed by atoms with van der Waals surface area (Å²) in [4.78, 5) is 11.6. The molecule has 0 spiro atoms. The number of rotatable bonds is 2. The van der Waals surface area contributed by atoms with Crippen LogP contribution in [0.1, 0.15) is 17.0 Å². The van der Waals surface area contributed by atoms with Crippen LogP contribution in [0.2, 0.25) is 0 Å². The molecule has 2 rings (SSSR count). The third kappa shape index (κ3) is 2.57. The molecule has 0 unspecified atom stereocenters. The molecule has 2 aromatic rings. The molecule has 0 aliphatic carbocycles. The Morgan fingerprint density at radius 2 is 1.95 bits per heavy atom. The van der Waals surface area contributed by atoms with Gasteiger partial charge in [0, 0.05) is 18.3 Å². The minimum atomic E-state index is -4.50. The van der Waals surface area contributed by atoms with Crippen molar-refractivity contribution >= 4 is 0 Å². The first-order valence-corrected chi connectivity index (χ1v) is 5.81. The standard InChI is InChI=1S/C13H12F3N3O/c1-8-6-12(20)10(7-17)18-19(8)11-5-3-2-4-9(11)13(14,15)16/h2-6H,7,17H2,1H3. The molecule has 0 amide bonds.